The molecule has 0 spiro atoms. The Morgan fingerprint density at radius 1 is 1.37 bits per heavy atom. The average Bonchev–Trinajstić information content (AvgIpc) is 2.38. The monoisotopic (exact) mass is 264 g/mol. The molecule has 0 amide bonds. The van der Waals surface area contributed by atoms with Gasteiger partial charge in [-0.2, -0.15) is 5.26 Å². The van der Waals surface area contributed by atoms with E-state index in [1.807, 2.05) is 13.8 Å². The van der Waals surface area contributed by atoms with E-state index in [1.165, 1.54) is 19.3 Å². The van der Waals surface area contributed by atoms with Crippen LogP contribution in [-0.2, 0) is 0 Å². The van der Waals surface area contributed by atoms with Crippen LogP contribution in [0.1, 0.15) is 58.8 Å². The van der Waals surface area contributed by atoms with Gasteiger partial charge in [-0.25, -0.2) is 0 Å². The van der Waals surface area contributed by atoms with E-state index < -0.39 is 0 Å². The highest BCUT2D eigenvalue weighted by Gasteiger charge is 2.42. The van der Waals surface area contributed by atoms with E-state index in [-0.39, 0.29) is 11.0 Å². The van der Waals surface area contributed by atoms with E-state index in [0.29, 0.717) is 5.92 Å². The molecule has 1 saturated carbocycles. The summed E-state index contributed by atoms with van der Waals surface area (Å²) in [4.78, 5) is 2.50. The zero-order valence-electron chi connectivity index (χ0n) is 12.5. The van der Waals surface area contributed by atoms with Crippen molar-refractivity contribution in [2.75, 3.05) is 19.6 Å². The zero-order valence-corrected chi connectivity index (χ0v) is 12.5. The van der Waals surface area contributed by atoms with Gasteiger partial charge >= 0.3 is 0 Å². The molecule has 3 nitrogen and oxygen atoms in total. The molecule has 0 aromatic rings. The van der Waals surface area contributed by atoms with E-state index >= 15 is 0 Å². The molecule has 2 fully saturated rings. The predicted octanol–water partition coefficient (Wildman–Crippen LogP) is 2.94. The lowest BCUT2D eigenvalue weighted by atomic mass is 9.71. The average molecular weight is 264 g/mol. The smallest absolute Gasteiger partial charge is 0.0700 e. The third-order valence-electron chi connectivity index (χ3n) is 5.09. The molecular formula is C16H28N2O. The number of likely N-dealkylation sites (tertiary alicyclic amines) is 1. The van der Waals surface area contributed by atoms with Crippen LogP contribution in [0.3, 0.4) is 0 Å². The second-order valence-corrected chi connectivity index (χ2v) is 7.20. The van der Waals surface area contributed by atoms with Crippen molar-refractivity contribution in [3.05, 3.63) is 0 Å². The Kier molecular flexibility index (Phi) is 4.53. The van der Waals surface area contributed by atoms with Crippen molar-refractivity contribution >= 4 is 0 Å². The van der Waals surface area contributed by atoms with Crippen LogP contribution in [0.5, 0.6) is 0 Å². The standard InChI is InChI=1S/C16H28N2O/c1-15(2,13-17)7-5-10-18-11-9-16(19)8-4-3-6-14(16)12-18/h14,19H,3-12H2,1-2H3. The molecule has 1 N–H and O–H groups in total. The van der Waals surface area contributed by atoms with Crippen molar-refractivity contribution in [2.24, 2.45) is 11.3 Å². The molecule has 1 aliphatic carbocycles. The number of hydrogen-bond donors (Lipinski definition) is 1. The van der Waals surface area contributed by atoms with Gasteiger partial charge in [0, 0.05) is 19.0 Å². The van der Waals surface area contributed by atoms with Crippen LogP contribution in [-0.4, -0.2) is 35.2 Å². The van der Waals surface area contributed by atoms with Gasteiger partial charge in [-0.1, -0.05) is 12.8 Å². The van der Waals surface area contributed by atoms with Gasteiger partial charge in [0.1, 0.15) is 0 Å². The number of nitriles is 1. The minimum absolute atomic E-state index is 0.193. The molecule has 3 heteroatoms. The van der Waals surface area contributed by atoms with E-state index in [1.54, 1.807) is 0 Å². The van der Waals surface area contributed by atoms with Crippen LogP contribution < -0.4 is 0 Å². The Labute approximate surface area is 117 Å². The summed E-state index contributed by atoms with van der Waals surface area (Å²) in [6.07, 6.45) is 7.68. The van der Waals surface area contributed by atoms with Crippen LogP contribution in [0.15, 0.2) is 0 Å². The SMILES string of the molecule is CC(C)(C#N)CCCN1CCC2(O)CCCCC2C1. The summed E-state index contributed by atoms with van der Waals surface area (Å²) < 4.78 is 0. The highest BCUT2D eigenvalue weighted by Crippen LogP contribution is 2.39. The first-order valence-electron chi connectivity index (χ1n) is 7.81. The minimum Gasteiger partial charge on any atom is -0.390 e. The molecule has 1 heterocycles. The Morgan fingerprint density at radius 2 is 2.16 bits per heavy atom. The van der Waals surface area contributed by atoms with Crippen LogP contribution in [0.2, 0.25) is 0 Å². The second kappa shape index (κ2) is 5.81. The minimum atomic E-state index is -0.360. The number of piperidine rings is 1. The van der Waals surface area contributed by atoms with Crippen molar-refractivity contribution in [2.45, 2.75) is 64.4 Å². The predicted molar refractivity (Wildman–Crippen MR) is 76.6 cm³/mol. The Balaban J connectivity index is 1.77. The van der Waals surface area contributed by atoms with Crippen LogP contribution in [0, 0.1) is 22.7 Å². The van der Waals surface area contributed by atoms with Gasteiger partial charge in [0.25, 0.3) is 0 Å². The summed E-state index contributed by atoms with van der Waals surface area (Å²) in [5.41, 5.74) is -0.554. The maximum atomic E-state index is 10.6. The van der Waals surface area contributed by atoms with E-state index in [4.69, 9.17) is 5.26 Å². The Bertz CT molecular complexity index is 347. The molecule has 2 unspecified atom stereocenters. The maximum absolute atomic E-state index is 10.6. The van der Waals surface area contributed by atoms with Gasteiger partial charge in [0.15, 0.2) is 0 Å². The lowest BCUT2D eigenvalue weighted by Gasteiger charge is -2.47. The quantitative estimate of drug-likeness (QED) is 0.849. The van der Waals surface area contributed by atoms with Crippen molar-refractivity contribution < 1.29 is 5.11 Å². The van der Waals surface area contributed by atoms with Gasteiger partial charge in [0.2, 0.25) is 0 Å². The summed E-state index contributed by atoms with van der Waals surface area (Å²) in [6.45, 7) is 7.20. The summed E-state index contributed by atoms with van der Waals surface area (Å²) in [5.74, 6) is 0.485. The molecule has 0 aromatic heterocycles. The molecule has 1 aliphatic heterocycles. The van der Waals surface area contributed by atoms with Crippen molar-refractivity contribution in [1.29, 1.82) is 5.26 Å². The first kappa shape index (κ1) is 14.8. The molecule has 0 radical (unpaired) electrons. The Morgan fingerprint density at radius 3 is 2.89 bits per heavy atom. The van der Waals surface area contributed by atoms with Crippen LogP contribution in [0.4, 0.5) is 0 Å². The second-order valence-electron chi connectivity index (χ2n) is 7.20. The fraction of sp³-hybridized carbons (Fsp3) is 0.938. The summed E-state index contributed by atoms with van der Waals surface area (Å²) >= 11 is 0. The van der Waals surface area contributed by atoms with Gasteiger partial charge in [0.05, 0.1) is 17.1 Å². The van der Waals surface area contributed by atoms with E-state index in [2.05, 4.69) is 11.0 Å². The maximum Gasteiger partial charge on any atom is 0.0700 e. The number of rotatable bonds is 4. The highest BCUT2D eigenvalue weighted by molar-refractivity contribution is 4.96. The number of nitrogens with zero attached hydrogens (tertiary/aromatic N) is 2. The first-order chi connectivity index (χ1) is 8.95. The molecule has 108 valence electrons. The van der Waals surface area contributed by atoms with Crippen molar-refractivity contribution in [3.63, 3.8) is 0 Å². The molecule has 2 aliphatic rings. The molecule has 0 aromatic carbocycles. The third-order valence-corrected chi connectivity index (χ3v) is 5.09. The fourth-order valence-corrected chi connectivity index (χ4v) is 3.64. The van der Waals surface area contributed by atoms with Crippen molar-refractivity contribution in [3.8, 4) is 6.07 Å². The molecular weight excluding hydrogens is 236 g/mol. The molecule has 2 atom stereocenters. The first-order valence-corrected chi connectivity index (χ1v) is 7.81. The summed E-state index contributed by atoms with van der Waals surface area (Å²) in [6, 6.07) is 2.37. The summed E-state index contributed by atoms with van der Waals surface area (Å²) in [5, 5.41) is 19.7. The van der Waals surface area contributed by atoms with Crippen LogP contribution in [0.25, 0.3) is 0 Å². The normalized spacial score (nSPS) is 32.6. The molecule has 2 rings (SSSR count). The lowest BCUT2D eigenvalue weighted by Crippen LogP contribution is -2.53. The van der Waals surface area contributed by atoms with Crippen LogP contribution >= 0.6 is 0 Å². The number of fused-ring (bicyclic) bond motifs is 1. The van der Waals surface area contributed by atoms with Crippen molar-refractivity contribution in [1.82, 2.24) is 4.90 Å². The molecule has 0 bridgehead atoms. The zero-order chi connectivity index (χ0) is 13.9. The number of aliphatic hydroxyl groups is 1. The van der Waals surface area contributed by atoms with Gasteiger partial charge in [-0.05, 0) is 52.5 Å². The van der Waals surface area contributed by atoms with E-state index in [9.17, 15) is 5.11 Å². The lowest BCUT2D eigenvalue weighted by molar-refractivity contribution is -0.0954. The molecule has 1 saturated heterocycles. The Hall–Kier alpha value is -0.590. The van der Waals surface area contributed by atoms with Gasteiger partial charge in [-0.3, -0.25) is 0 Å². The molecule has 19 heavy (non-hydrogen) atoms. The topological polar surface area (TPSA) is 47.3 Å². The third kappa shape index (κ3) is 3.70. The highest BCUT2D eigenvalue weighted by atomic mass is 16.3. The van der Waals surface area contributed by atoms with Gasteiger partial charge < -0.3 is 10.0 Å². The van der Waals surface area contributed by atoms with Gasteiger partial charge in [-0.15, -0.1) is 0 Å². The van der Waals surface area contributed by atoms with E-state index in [0.717, 1.165) is 45.3 Å². The fourth-order valence-electron chi connectivity index (χ4n) is 3.64. The number of hydrogen-bond acceptors (Lipinski definition) is 3. The summed E-state index contributed by atoms with van der Waals surface area (Å²) in [7, 11) is 0. The largest absolute Gasteiger partial charge is 0.390 e.